The molecule has 152 valence electrons. The van der Waals surface area contributed by atoms with Gasteiger partial charge in [0.1, 0.15) is 12.2 Å². The van der Waals surface area contributed by atoms with Crippen LogP contribution < -0.4 is 10.6 Å². The van der Waals surface area contributed by atoms with Crippen molar-refractivity contribution in [1.29, 1.82) is 0 Å². The summed E-state index contributed by atoms with van der Waals surface area (Å²) >= 11 is 0. The first kappa shape index (κ1) is 20.3. The monoisotopic (exact) mass is 383 g/mol. The fourth-order valence-electron chi connectivity index (χ4n) is 3.46. The molecule has 1 saturated heterocycles. The third kappa shape index (κ3) is 6.34. The van der Waals surface area contributed by atoms with Crippen LogP contribution in [0.2, 0.25) is 0 Å². The number of nitrogens with zero attached hydrogens (tertiary/aromatic N) is 5. The molecule has 7 heteroatoms. The van der Waals surface area contributed by atoms with Gasteiger partial charge < -0.3 is 10.6 Å². The maximum atomic E-state index is 4.70. The molecule has 0 unspecified atom stereocenters. The topological polar surface area (TPSA) is 70.4 Å². The Morgan fingerprint density at radius 3 is 2.39 bits per heavy atom. The van der Waals surface area contributed by atoms with Gasteiger partial charge in [0.15, 0.2) is 5.96 Å². The van der Waals surface area contributed by atoms with E-state index in [2.05, 4.69) is 56.8 Å². The van der Waals surface area contributed by atoms with Gasteiger partial charge in [0.25, 0.3) is 0 Å². The zero-order valence-corrected chi connectivity index (χ0v) is 17.2. The molecule has 1 aromatic carbocycles. The van der Waals surface area contributed by atoms with E-state index in [4.69, 9.17) is 4.99 Å². The van der Waals surface area contributed by atoms with E-state index < -0.39 is 0 Å². The summed E-state index contributed by atoms with van der Waals surface area (Å²) in [5.74, 6) is 1.67. The van der Waals surface area contributed by atoms with Crippen molar-refractivity contribution < 1.29 is 0 Å². The summed E-state index contributed by atoms with van der Waals surface area (Å²) in [5, 5.41) is 10.7. The van der Waals surface area contributed by atoms with Crippen LogP contribution >= 0.6 is 0 Å². The highest BCUT2D eigenvalue weighted by molar-refractivity contribution is 5.79. The Hall–Kier alpha value is -2.41. The fraction of sp³-hybridized carbons (Fsp3) is 0.571. The zero-order chi connectivity index (χ0) is 19.6. The van der Waals surface area contributed by atoms with Crippen molar-refractivity contribution in [3.05, 3.63) is 47.5 Å². The summed E-state index contributed by atoms with van der Waals surface area (Å²) in [7, 11) is 1.89. The van der Waals surface area contributed by atoms with Crippen molar-refractivity contribution in [1.82, 2.24) is 30.3 Å². The molecule has 0 spiro atoms. The smallest absolute Gasteiger partial charge is 0.191 e. The molecule has 2 aromatic rings. The van der Waals surface area contributed by atoms with E-state index in [1.165, 1.54) is 49.9 Å². The predicted octanol–water partition coefficient (Wildman–Crippen LogP) is 2.45. The van der Waals surface area contributed by atoms with Gasteiger partial charge in [-0.25, -0.2) is 9.98 Å². The first-order valence-electron chi connectivity index (χ1n) is 10.4. The van der Waals surface area contributed by atoms with Gasteiger partial charge in [0.2, 0.25) is 0 Å². The van der Waals surface area contributed by atoms with Gasteiger partial charge in [-0.15, -0.1) is 0 Å². The Balaban J connectivity index is 1.52. The number of guanidine groups is 1. The molecule has 1 aliphatic heterocycles. The second kappa shape index (κ2) is 10.8. The lowest BCUT2D eigenvalue weighted by molar-refractivity contribution is 0.277. The van der Waals surface area contributed by atoms with Crippen molar-refractivity contribution in [3.8, 4) is 0 Å². The molecule has 0 bridgehead atoms. The molecule has 2 N–H and O–H groups in total. The quantitative estimate of drug-likeness (QED) is 0.568. The van der Waals surface area contributed by atoms with E-state index in [1.807, 2.05) is 7.05 Å². The Morgan fingerprint density at radius 1 is 1.04 bits per heavy atom. The van der Waals surface area contributed by atoms with Gasteiger partial charge in [0, 0.05) is 20.1 Å². The molecular formula is C21H33N7. The molecule has 0 amide bonds. The van der Waals surface area contributed by atoms with Crippen molar-refractivity contribution in [3.63, 3.8) is 0 Å². The van der Waals surface area contributed by atoms with Crippen LogP contribution in [0.25, 0.3) is 0 Å². The van der Waals surface area contributed by atoms with Crippen LogP contribution in [0.5, 0.6) is 0 Å². The van der Waals surface area contributed by atoms with Crippen LogP contribution in [0.4, 0.5) is 0 Å². The molecule has 0 atom stereocenters. The summed E-state index contributed by atoms with van der Waals surface area (Å²) in [4.78, 5) is 11.5. The Bertz CT molecular complexity index is 727. The van der Waals surface area contributed by atoms with Crippen molar-refractivity contribution >= 4 is 5.96 Å². The van der Waals surface area contributed by atoms with Crippen molar-refractivity contribution in [2.45, 2.75) is 52.2 Å². The van der Waals surface area contributed by atoms with E-state index in [0.717, 1.165) is 24.9 Å². The molecule has 28 heavy (non-hydrogen) atoms. The lowest BCUT2D eigenvalue weighted by atomic mass is 10.1. The summed E-state index contributed by atoms with van der Waals surface area (Å²) in [5.41, 5.74) is 2.61. The molecule has 1 fully saturated rings. The highest BCUT2D eigenvalue weighted by atomic mass is 15.3. The van der Waals surface area contributed by atoms with Gasteiger partial charge in [-0.05, 0) is 44.0 Å². The van der Waals surface area contributed by atoms with E-state index >= 15 is 0 Å². The normalized spacial score (nSPS) is 16.0. The van der Waals surface area contributed by atoms with Crippen LogP contribution in [0.1, 0.15) is 49.6 Å². The molecule has 3 rings (SSSR count). The van der Waals surface area contributed by atoms with Gasteiger partial charge in [-0.1, -0.05) is 37.1 Å². The minimum absolute atomic E-state index is 0.594. The van der Waals surface area contributed by atoms with E-state index in [1.54, 1.807) is 11.0 Å². The molecule has 2 heterocycles. The second-order valence-corrected chi connectivity index (χ2v) is 7.36. The lowest BCUT2D eigenvalue weighted by Crippen LogP contribution is -2.37. The van der Waals surface area contributed by atoms with E-state index in [0.29, 0.717) is 13.1 Å². The molecule has 0 aliphatic carbocycles. The van der Waals surface area contributed by atoms with Crippen LogP contribution in [0, 0.1) is 0 Å². The predicted molar refractivity (Wildman–Crippen MR) is 113 cm³/mol. The average molecular weight is 384 g/mol. The standard InChI is InChI=1S/C21H33N7/c1-3-22-21(24-15-20-25-17-26-27(20)2)23-14-18-8-10-19(11-9-18)16-28-12-6-4-5-7-13-28/h8-11,17H,3-7,12-16H2,1-2H3,(H2,22,23,24). The van der Waals surface area contributed by atoms with Gasteiger partial charge >= 0.3 is 0 Å². The molecule has 1 aromatic heterocycles. The fourth-order valence-corrected chi connectivity index (χ4v) is 3.46. The van der Waals surface area contributed by atoms with Gasteiger partial charge in [-0.3, -0.25) is 9.58 Å². The zero-order valence-electron chi connectivity index (χ0n) is 17.2. The number of aryl methyl sites for hydroxylation is 1. The maximum absolute atomic E-state index is 4.70. The maximum Gasteiger partial charge on any atom is 0.191 e. The van der Waals surface area contributed by atoms with Crippen LogP contribution in [0.3, 0.4) is 0 Å². The number of likely N-dealkylation sites (tertiary alicyclic amines) is 1. The second-order valence-electron chi connectivity index (χ2n) is 7.36. The van der Waals surface area contributed by atoms with Gasteiger partial charge in [-0.2, -0.15) is 5.10 Å². The first-order chi connectivity index (χ1) is 13.7. The third-order valence-corrected chi connectivity index (χ3v) is 5.11. The van der Waals surface area contributed by atoms with Gasteiger partial charge in [0.05, 0.1) is 13.1 Å². The third-order valence-electron chi connectivity index (χ3n) is 5.11. The Morgan fingerprint density at radius 2 is 1.75 bits per heavy atom. The number of nitrogens with one attached hydrogen (secondary N) is 2. The van der Waals surface area contributed by atoms with Crippen LogP contribution in [-0.4, -0.2) is 45.3 Å². The molecule has 7 nitrogen and oxygen atoms in total. The number of hydrogen-bond donors (Lipinski definition) is 2. The Kier molecular flexibility index (Phi) is 7.84. The highest BCUT2D eigenvalue weighted by Crippen LogP contribution is 2.14. The number of aromatic nitrogens is 3. The summed E-state index contributed by atoms with van der Waals surface area (Å²) in [6.45, 7) is 7.65. The summed E-state index contributed by atoms with van der Waals surface area (Å²) in [6.07, 6.45) is 7.00. The molecule has 0 saturated carbocycles. The SMILES string of the molecule is CCNC(=NCc1ccc(CN2CCCCCC2)cc1)NCc1ncnn1C. The van der Waals surface area contributed by atoms with E-state index in [9.17, 15) is 0 Å². The van der Waals surface area contributed by atoms with Crippen molar-refractivity contribution in [2.75, 3.05) is 19.6 Å². The average Bonchev–Trinajstić information content (AvgIpc) is 2.95. The molecular weight excluding hydrogens is 350 g/mol. The largest absolute Gasteiger partial charge is 0.357 e. The van der Waals surface area contributed by atoms with E-state index in [-0.39, 0.29) is 0 Å². The first-order valence-corrected chi connectivity index (χ1v) is 10.4. The van der Waals surface area contributed by atoms with Crippen LogP contribution in [0.15, 0.2) is 35.6 Å². The number of benzene rings is 1. The van der Waals surface area contributed by atoms with Crippen molar-refractivity contribution in [2.24, 2.45) is 12.0 Å². The van der Waals surface area contributed by atoms with Crippen LogP contribution in [-0.2, 0) is 26.7 Å². The minimum atomic E-state index is 0.594. The lowest BCUT2D eigenvalue weighted by Gasteiger charge is -2.19. The molecule has 1 aliphatic rings. The summed E-state index contributed by atoms with van der Waals surface area (Å²) in [6, 6.07) is 8.89. The number of hydrogen-bond acceptors (Lipinski definition) is 4. The minimum Gasteiger partial charge on any atom is -0.357 e. The summed E-state index contributed by atoms with van der Waals surface area (Å²) < 4.78 is 1.76. The number of aliphatic imine (C=N–C) groups is 1. The number of rotatable bonds is 7. The highest BCUT2D eigenvalue weighted by Gasteiger charge is 2.09. The molecule has 0 radical (unpaired) electrons. The Labute approximate surface area is 168 Å².